The molecule has 88 valence electrons. The molecule has 0 amide bonds. The van der Waals surface area contributed by atoms with Crippen molar-refractivity contribution in [2.24, 2.45) is 0 Å². The lowest BCUT2D eigenvalue weighted by molar-refractivity contribution is 0.605. The van der Waals surface area contributed by atoms with Gasteiger partial charge in [0.25, 0.3) is 0 Å². The van der Waals surface area contributed by atoms with Gasteiger partial charge in [-0.25, -0.2) is 0 Å². The molecule has 1 saturated heterocycles. The van der Waals surface area contributed by atoms with Crippen molar-refractivity contribution in [1.82, 2.24) is 5.32 Å². The lowest BCUT2D eigenvalue weighted by atomic mass is 9.95. The van der Waals surface area contributed by atoms with Crippen LogP contribution >= 0.6 is 0 Å². The minimum atomic E-state index is 0.682. The van der Waals surface area contributed by atoms with E-state index >= 15 is 0 Å². The van der Waals surface area contributed by atoms with Gasteiger partial charge in [0.2, 0.25) is 0 Å². The third kappa shape index (κ3) is 2.07. The van der Waals surface area contributed by atoms with Crippen molar-refractivity contribution < 1.29 is 0 Å². The molecule has 1 aliphatic rings. The van der Waals surface area contributed by atoms with Crippen LogP contribution < -0.4 is 5.32 Å². The van der Waals surface area contributed by atoms with Gasteiger partial charge in [0.05, 0.1) is 0 Å². The molecule has 0 aliphatic carbocycles. The Balaban J connectivity index is 2.01. The van der Waals surface area contributed by atoms with Crippen LogP contribution in [0.25, 0.3) is 10.8 Å². The Kier molecular flexibility index (Phi) is 2.86. The number of hydrogen-bond donors (Lipinski definition) is 1. The molecule has 1 heterocycles. The van der Waals surface area contributed by atoms with E-state index in [1.54, 1.807) is 0 Å². The summed E-state index contributed by atoms with van der Waals surface area (Å²) in [7, 11) is 0. The number of benzene rings is 2. The second-order valence-electron chi connectivity index (χ2n) is 5.08. The molecule has 1 nitrogen and oxygen atoms in total. The van der Waals surface area contributed by atoms with Crippen LogP contribution in [0.3, 0.4) is 0 Å². The molecule has 1 aliphatic heterocycles. The van der Waals surface area contributed by atoms with Crippen LogP contribution in [0.1, 0.15) is 24.0 Å². The fourth-order valence-corrected chi connectivity index (χ4v) is 2.89. The minimum absolute atomic E-state index is 0.682. The summed E-state index contributed by atoms with van der Waals surface area (Å²) in [5.74, 6) is 0. The van der Waals surface area contributed by atoms with Gasteiger partial charge in [-0.1, -0.05) is 36.4 Å². The van der Waals surface area contributed by atoms with Crippen LogP contribution in [0.5, 0.6) is 0 Å². The molecule has 2 aromatic carbocycles. The monoisotopic (exact) mass is 225 g/mol. The molecule has 0 spiro atoms. The first-order valence-electron chi connectivity index (χ1n) is 6.55. The molecule has 1 atom stereocenters. The van der Waals surface area contributed by atoms with Crippen molar-refractivity contribution >= 4 is 10.8 Å². The standard InChI is InChI=1S/C16H19N/c1-12-8-9-13(11-14-5-4-10-17-14)16-7-3-2-6-15(12)16/h2-3,6-9,14,17H,4-5,10-11H2,1H3. The van der Waals surface area contributed by atoms with Crippen molar-refractivity contribution in [3.63, 3.8) is 0 Å². The van der Waals surface area contributed by atoms with Gasteiger partial charge in [-0.2, -0.15) is 0 Å². The topological polar surface area (TPSA) is 12.0 Å². The number of rotatable bonds is 2. The summed E-state index contributed by atoms with van der Waals surface area (Å²) in [5.41, 5.74) is 2.87. The third-order valence-electron chi connectivity index (χ3n) is 3.86. The Morgan fingerprint density at radius 2 is 1.94 bits per heavy atom. The number of nitrogens with one attached hydrogen (secondary N) is 1. The average molecular weight is 225 g/mol. The van der Waals surface area contributed by atoms with Crippen molar-refractivity contribution in [1.29, 1.82) is 0 Å². The van der Waals surface area contributed by atoms with E-state index in [2.05, 4.69) is 48.6 Å². The molecular formula is C16H19N. The normalized spacial score (nSPS) is 19.9. The predicted molar refractivity (Wildman–Crippen MR) is 73.4 cm³/mol. The average Bonchev–Trinajstić information content (AvgIpc) is 2.86. The summed E-state index contributed by atoms with van der Waals surface area (Å²) < 4.78 is 0. The Morgan fingerprint density at radius 3 is 2.71 bits per heavy atom. The van der Waals surface area contributed by atoms with Gasteiger partial charge >= 0.3 is 0 Å². The highest BCUT2D eigenvalue weighted by Gasteiger charge is 2.15. The predicted octanol–water partition coefficient (Wildman–Crippen LogP) is 3.44. The van der Waals surface area contributed by atoms with E-state index < -0.39 is 0 Å². The quantitative estimate of drug-likeness (QED) is 0.825. The SMILES string of the molecule is Cc1ccc(CC2CCCN2)c2ccccc12. The van der Waals surface area contributed by atoms with E-state index in [0.29, 0.717) is 6.04 Å². The first-order chi connectivity index (χ1) is 8.34. The smallest absolute Gasteiger partial charge is 0.0108 e. The van der Waals surface area contributed by atoms with Gasteiger partial charge in [-0.05, 0) is 54.6 Å². The van der Waals surface area contributed by atoms with Crippen molar-refractivity contribution in [3.8, 4) is 0 Å². The van der Waals surface area contributed by atoms with E-state index in [1.807, 2.05) is 0 Å². The molecule has 1 N–H and O–H groups in total. The molecule has 17 heavy (non-hydrogen) atoms. The lowest BCUT2D eigenvalue weighted by Crippen LogP contribution is -2.23. The fraction of sp³-hybridized carbons (Fsp3) is 0.375. The van der Waals surface area contributed by atoms with E-state index in [9.17, 15) is 0 Å². The molecule has 2 aromatic rings. The van der Waals surface area contributed by atoms with Gasteiger partial charge in [-0.15, -0.1) is 0 Å². The minimum Gasteiger partial charge on any atom is -0.314 e. The highest BCUT2D eigenvalue weighted by atomic mass is 14.9. The highest BCUT2D eigenvalue weighted by molar-refractivity contribution is 5.88. The zero-order valence-electron chi connectivity index (χ0n) is 10.4. The Bertz CT molecular complexity index is 524. The summed E-state index contributed by atoms with van der Waals surface area (Å²) in [5, 5.41) is 6.42. The molecule has 3 rings (SSSR count). The largest absolute Gasteiger partial charge is 0.314 e. The van der Waals surface area contributed by atoms with E-state index in [1.165, 1.54) is 47.7 Å². The summed E-state index contributed by atoms with van der Waals surface area (Å²) in [6.45, 7) is 3.38. The van der Waals surface area contributed by atoms with Crippen LogP contribution in [-0.2, 0) is 6.42 Å². The molecule has 0 aromatic heterocycles. The van der Waals surface area contributed by atoms with Gasteiger partial charge in [0, 0.05) is 6.04 Å². The first-order valence-corrected chi connectivity index (χ1v) is 6.55. The fourth-order valence-electron chi connectivity index (χ4n) is 2.89. The summed E-state index contributed by atoms with van der Waals surface area (Å²) in [4.78, 5) is 0. The van der Waals surface area contributed by atoms with Gasteiger partial charge < -0.3 is 5.32 Å². The molecule has 0 bridgehead atoms. The van der Waals surface area contributed by atoms with Crippen molar-refractivity contribution in [2.45, 2.75) is 32.2 Å². The zero-order valence-corrected chi connectivity index (χ0v) is 10.4. The third-order valence-corrected chi connectivity index (χ3v) is 3.86. The van der Waals surface area contributed by atoms with Crippen LogP contribution in [0, 0.1) is 6.92 Å². The second-order valence-corrected chi connectivity index (χ2v) is 5.08. The molecule has 1 unspecified atom stereocenters. The van der Waals surface area contributed by atoms with Crippen molar-refractivity contribution in [2.75, 3.05) is 6.54 Å². The maximum Gasteiger partial charge on any atom is 0.0108 e. The number of aryl methyl sites for hydroxylation is 1. The van der Waals surface area contributed by atoms with Crippen molar-refractivity contribution in [3.05, 3.63) is 47.5 Å². The van der Waals surface area contributed by atoms with Crippen LogP contribution in [0.15, 0.2) is 36.4 Å². The maximum absolute atomic E-state index is 3.58. The second kappa shape index (κ2) is 4.50. The zero-order chi connectivity index (χ0) is 11.7. The van der Waals surface area contributed by atoms with Gasteiger partial charge in [-0.3, -0.25) is 0 Å². The molecule has 1 fully saturated rings. The molecule has 0 radical (unpaired) electrons. The van der Waals surface area contributed by atoms with Crippen LogP contribution in [-0.4, -0.2) is 12.6 Å². The maximum atomic E-state index is 3.58. The molecular weight excluding hydrogens is 206 g/mol. The highest BCUT2D eigenvalue weighted by Crippen LogP contribution is 2.24. The Hall–Kier alpha value is -1.34. The van der Waals surface area contributed by atoms with E-state index in [-0.39, 0.29) is 0 Å². The lowest BCUT2D eigenvalue weighted by Gasteiger charge is -2.13. The van der Waals surface area contributed by atoms with Crippen LogP contribution in [0.2, 0.25) is 0 Å². The van der Waals surface area contributed by atoms with Gasteiger partial charge in [0.1, 0.15) is 0 Å². The van der Waals surface area contributed by atoms with E-state index in [0.717, 1.165) is 0 Å². The first kappa shape index (κ1) is 10.8. The Morgan fingerprint density at radius 1 is 1.12 bits per heavy atom. The summed E-state index contributed by atoms with van der Waals surface area (Å²) >= 11 is 0. The molecule has 0 saturated carbocycles. The molecule has 1 heteroatoms. The van der Waals surface area contributed by atoms with Crippen LogP contribution in [0.4, 0.5) is 0 Å². The van der Waals surface area contributed by atoms with E-state index in [4.69, 9.17) is 0 Å². The number of fused-ring (bicyclic) bond motifs is 1. The summed E-state index contributed by atoms with van der Waals surface area (Å²) in [6.07, 6.45) is 3.82. The Labute approximate surface area is 103 Å². The summed E-state index contributed by atoms with van der Waals surface area (Å²) in [6, 6.07) is 14.0. The number of hydrogen-bond acceptors (Lipinski definition) is 1. The van der Waals surface area contributed by atoms with Gasteiger partial charge in [0.15, 0.2) is 0 Å².